The third-order valence-electron chi connectivity index (χ3n) is 3.20. The molecule has 112 valence electrons. The average molecular weight is 358 g/mol. The van der Waals surface area contributed by atoms with Gasteiger partial charge in [0.2, 0.25) is 0 Å². The van der Waals surface area contributed by atoms with E-state index in [0.717, 1.165) is 5.69 Å². The first-order valence-electron chi connectivity index (χ1n) is 6.56. The van der Waals surface area contributed by atoms with E-state index < -0.39 is 11.7 Å². The lowest BCUT2D eigenvalue weighted by Crippen LogP contribution is -2.20. The summed E-state index contributed by atoms with van der Waals surface area (Å²) in [5, 5.41) is 0.397. The molecule has 0 saturated carbocycles. The largest absolute Gasteiger partial charge is 0.418 e. The van der Waals surface area contributed by atoms with Gasteiger partial charge in [-0.15, -0.1) is 0 Å². The van der Waals surface area contributed by atoms with Crippen molar-refractivity contribution in [3.05, 3.63) is 59.7 Å². The lowest BCUT2D eigenvalue weighted by molar-refractivity contribution is -0.137. The second-order valence-corrected chi connectivity index (χ2v) is 5.12. The fourth-order valence-electron chi connectivity index (χ4n) is 2.23. The number of hydrogen-bond acceptors (Lipinski definition) is 1. The highest BCUT2D eigenvalue weighted by molar-refractivity contribution is 9.08. The Kier molecular flexibility index (Phi) is 4.93. The molecule has 0 aliphatic heterocycles. The lowest BCUT2D eigenvalue weighted by atomic mass is 10.1. The number of nitrogens with zero attached hydrogens (tertiary/aromatic N) is 1. The predicted molar refractivity (Wildman–Crippen MR) is 83.2 cm³/mol. The van der Waals surface area contributed by atoms with Gasteiger partial charge in [-0.1, -0.05) is 40.2 Å². The van der Waals surface area contributed by atoms with E-state index in [-0.39, 0.29) is 5.69 Å². The maximum atomic E-state index is 13.3. The van der Waals surface area contributed by atoms with Gasteiger partial charge in [0.25, 0.3) is 0 Å². The van der Waals surface area contributed by atoms with Crippen LogP contribution in [-0.4, -0.2) is 6.54 Å². The number of alkyl halides is 4. The first-order chi connectivity index (χ1) is 9.97. The normalized spacial score (nSPS) is 11.5. The lowest BCUT2D eigenvalue weighted by Gasteiger charge is -2.27. The molecule has 0 heterocycles. The van der Waals surface area contributed by atoms with Crippen LogP contribution in [0.1, 0.15) is 18.1 Å². The van der Waals surface area contributed by atoms with E-state index in [2.05, 4.69) is 15.9 Å². The van der Waals surface area contributed by atoms with E-state index in [0.29, 0.717) is 17.4 Å². The molecular weight excluding hydrogens is 343 g/mol. The van der Waals surface area contributed by atoms with Crippen LogP contribution < -0.4 is 4.90 Å². The minimum Gasteiger partial charge on any atom is -0.341 e. The van der Waals surface area contributed by atoms with Gasteiger partial charge < -0.3 is 4.90 Å². The highest BCUT2D eigenvalue weighted by atomic mass is 79.9. The highest BCUT2D eigenvalue weighted by Crippen LogP contribution is 2.39. The van der Waals surface area contributed by atoms with Gasteiger partial charge in [-0.3, -0.25) is 0 Å². The summed E-state index contributed by atoms with van der Waals surface area (Å²) in [7, 11) is 0. The molecule has 0 atom stereocenters. The number of rotatable bonds is 4. The summed E-state index contributed by atoms with van der Waals surface area (Å²) in [6, 6.07) is 13.5. The summed E-state index contributed by atoms with van der Waals surface area (Å²) >= 11 is 3.20. The van der Waals surface area contributed by atoms with Crippen LogP contribution in [0.25, 0.3) is 0 Å². The molecule has 5 heteroatoms. The van der Waals surface area contributed by atoms with Gasteiger partial charge in [-0.2, -0.15) is 13.2 Å². The van der Waals surface area contributed by atoms with Crippen molar-refractivity contribution in [3.63, 3.8) is 0 Å². The van der Waals surface area contributed by atoms with Gasteiger partial charge >= 0.3 is 6.18 Å². The molecule has 0 spiro atoms. The van der Waals surface area contributed by atoms with Gasteiger partial charge in [-0.05, 0) is 36.8 Å². The SMILES string of the molecule is CCN(c1ccccc1)c1ccc(CBr)cc1C(F)(F)F. The summed E-state index contributed by atoms with van der Waals surface area (Å²) in [4.78, 5) is 1.67. The molecule has 0 N–H and O–H groups in total. The Labute approximate surface area is 130 Å². The van der Waals surface area contributed by atoms with Crippen molar-refractivity contribution >= 4 is 27.3 Å². The van der Waals surface area contributed by atoms with Crippen molar-refractivity contribution in [3.8, 4) is 0 Å². The summed E-state index contributed by atoms with van der Waals surface area (Å²) < 4.78 is 40.0. The average Bonchev–Trinajstić information content (AvgIpc) is 2.48. The van der Waals surface area contributed by atoms with E-state index >= 15 is 0 Å². The minimum absolute atomic E-state index is 0.181. The topological polar surface area (TPSA) is 3.24 Å². The molecule has 0 amide bonds. The van der Waals surface area contributed by atoms with Crippen molar-refractivity contribution < 1.29 is 13.2 Å². The zero-order valence-electron chi connectivity index (χ0n) is 11.5. The Bertz CT molecular complexity index is 596. The second-order valence-electron chi connectivity index (χ2n) is 4.56. The standard InChI is InChI=1S/C16H15BrF3N/c1-2-21(13-6-4-3-5-7-13)15-9-8-12(11-17)10-14(15)16(18,19)20/h3-10H,2,11H2,1H3. The van der Waals surface area contributed by atoms with Crippen molar-refractivity contribution in [1.82, 2.24) is 0 Å². The number of halogens is 4. The Hall–Kier alpha value is -1.49. The maximum Gasteiger partial charge on any atom is 0.418 e. The molecule has 0 unspecified atom stereocenters. The summed E-state index contributed by atoms with van der Waals surface area (Å²) in [6.45, 7) is 2.30. The van der Waals surface area contributed by atoms with Crippen LogP contribution >= 0.6 is 15.9 Å². The van der Waals surface area contributed by atoms with E-state index in [9.17, 15) is 13.2 Å². The van der Waals surface area contributed by atoms with Gasteiger partial charge in [0, 0.05) is 17.6 Å². The van der Waals surface area contributed by atoms with E-state index in [4.69, 9.17) is 0 Å². The minimum atomic E-state index is -4.38. The van der Waals surface area contributed by atoms with Crippen LogP contribution in [0, 0.1) is 0 Å². The van der Waals surface area contributed by atoms with Crippen LogP contribution in [0.5, 0.6) is 0 Å². The van der Waals surface area contributed by atoms with Gasteiger partial charge in [-0.25, -0.2) is 0 Å². The molecular formula is C16H15BrF3N. The molecule has 0 radical (unpaired) electrons. The van der Waals surface area contributed by atoms with Crippen molar-refractivity contribution in [2.45, 2.75) is 18.4 Å². The van der Waals surface area contributed by atoms with Crippen LogP contribution in [0.3, 0.4) is 0 Å². The Morgan fingerprint density at radius 1 is 1.05 bits per heavy atom. The fraction of sp³-hybridized carbons (Fsp3) is 0.250. The van der Waals surface area contributed by atoms with E-state index in [1.807, 2.05) is 37.3 Å². The summed E-state index contributed by atoms with van der Waals surface area (Å²) in [5.74, 6) is 0. The smallest absolute Gasteiger partial charge is 0.341 e. The predicted octanol–water partition coefficient (Wildman–Crippen LogP) is 5.76. The summed E-state index contributed by atoms with van der Waals surface area (Å²) in [5.41, 5.74) is 0.929. The van der Waals surface area contributed by atoms with Gasteiger partial charge in [0.15, 0.2) is 0 Å². The van der Waals surface area contributed by atoms with Crippen LogP contribution in [0.2, 0.25) is 0 Å². The van der Waals surface area contributed by atoms with E-state index in [1.54, 1.807) is 11.0 Å². The highest BCUT2D eigenvalue weighted by Gasteiger charge is 2.35. The first-order valence-corrected chi connectivity index (χ1v) is 7.68. The van der Waals surface area contributed by atoms with Gasteiger partial charge in [0.1, 0.15) is 0 Å². The Balaban J connectivity index is 2.56. The molecule has 1 nitrogen and oxygen atoms in total. The van der Waals surface area contributed by atoms with E-state index in [1.165, 1.54) is 12.1 Å². The van der Waals surface area contributed by atoms with Crippen molar-refractivity contribution in [1.29, 1.82) is 0 Å². The molecule has 0 fully saturated rings. The monoisotopic (exact) mass is 357 g/mol. The number of benzene rings is 2. The van der Waals surface area contributed by atoms with Crippen molar-refractivity contribution in [2.75, 3.05) is 11.4 Å². The number of para-hydroxylation sites is 1. The van der Waals surface area contributed by atoms with Gasteiger partial charge in [0.05, 0.1) is 11.3 Å². The zero-order valence-corrected chi connectivity index (χ0v) is 13.1. The maximum absolute atomic E-state index is 13.3. The summed E-state index contributed by atoms with van der Waals surface area (Å²) in [6.07, 6.45) is -4.38. The second kappa shape index (κ2) is 6.52. The molecule has 21 heavy (non-hydrogen) atoms. The molecule has 2 aromatic rings. The number of anilines is 2. The fourth-order valence-corrected chi connectivity index (χ4v) is 2.58. The Morgan fingerprint density at radius 2 is 1.71 bits per heavy atom. The van der Waals surface area contributed by atoms with Crippen LogP contribution in [0.4, 0.5) is 24.5 Å². The zero-order chi connectivity index (χ0) is 15.5. The molecule has 0 aliphatic rings. The molecule has 0 aliphatic carbocycles. The third kappa shape index (κ3) is 3.59. The van der Waals surface area contributed by atoms with Crippen molar-refractivity contribution in [2.24, 2.45) is 0 Å². The molecule has 0 bridgehead atoms. The quantitative estimate of drug-likeness (QED) is 0.629. The Morgan fingerprint density at radius 3 is 2.24 bits per heavy atom. The first kappa shape index (κ1) is 15.9. The molecule has 2 rings (SSSR count). The third-order valence-corrected chi connectivity index (χ3v) is 3.84. The molecule has 2 aromatic carbocycles. The number of hydrogen-bond donors (Lipinski definition) is 0. The molecule has 0 aromatic heterocycles. The molecule has 0 saturated heterocycles. The van der Waals surface area contributed by atoms with Crippen LogP contribution in [0.15, 0.2) is 48.5 Å². The van der Waals surface area contributed by atoms with Crippen LogP contribution in [-0.2, 0) is 11.5 Å².